The van der Waals surface area contributed by atoms with Crippen molar-refractivity contribution in [2.75, 3.05) is 0 Å². The van der Waals surface area contributed by atoms with Gasteiger partial charge in [0, 0.05) is 6.04 Å². The van der Waals surface area contributed by atoms with E-state index in [1.54, 1.807) is 6.20 Å². The molecule has 0 spiro atoms. The number of hydrogen-bond donors (Lipinski definition) is 1. The Kier molecular flexibility index (Phi) is 1.89. The Bertz CT molecular complexity index is 269. The Balaban J connectivity index is 2.21. The molecule has 1 aromatic heterocycles. The fourth-order valence-corrected chi connectivity index (χ4v) is 1.82. The average Bonchev–Trinajstić information content (AvgIpc) is 2.50. The number of aliphatic hydroxyl groups is 1. The van der Waals surface area contributed by atoms with Crippen molar-refractivity contribution < 1.29 is 5.11 Å². The summed E-state index contributed by atoms with van der Waals surface area (Å²) in [6, 6.07) is 0.578. The number of hydrogen-bond acceptors (Lipinski definition) is 2. The monoisotopic (exact) mass is 166 g/mol. The number of rotatable bonds is 2. The largest absolute Gasteiger partial charge is 0.390 e. The predicted molar refractivity (Wildman–Crippen MR) is 45.6 cm³/mol. The van der Waals surface area contributed by atoms with E-state index in [2.05, 4.69) is 16.5 Å². The summed E-state index contributed by atoms with van der Waals surface area (Å²) in [7, 11) is 0. The van der Waals surface area contributed by atoms with Gasteiger partial charge < -0.3 is 9.67 Å². The van der Waals surface area contributed by atoms with Gasteiger partial charge in [-0.15, -0.1) is 0 Å². The highest BCUT2D eigenvalue weighted by Gasteiger charge is 2.29. The summed E-state index contributed by atoms with van der Waals surface area (Å²) in [5.74, 6) is 0.740. The van der Waals surface area contributed by atoms with Gasteiger partial charge in [-0.2, -0.15) is 0 Å². The maximum absolute atomic E-state index is 9.00. The third-order valence-corrected chi connectivity index (χ3v) is 2.84. The van der Waals surface area contributed by atoms with Crippen molar-refractivity contribution in [3.63, 3.8) is 0 Å². The van der Waals surface area contributed by atoms with E-state index in [-0.39, 0.29) is 6.61 Å². The Hall–Kier alpha value is -0.830. The van der Waals surface area contributed by atoms with Crippen molar-refractivity contribution in [2.45, 2.75) is 32.4 Å². The van der Waals surface area contributed by atoms with E-state index in [4.69, 9.17) is 5.11 Å². The van der Waals surface area contributed by atoms with Crippen LogP contribution in [0, 0.1) is 5.92 Å². The Morgan fingerprint density at radius 1 is 1.67 bits per heavy atom. The van der Waals surface area contributed by atoms with E-state index < -0.39 is 0 Å². The van der Waals surface area contributed by atoms with Gasteiger partial charge in [-0.25, -0.2) is 4.98 Å². The van der Waals surface area contributed by atoms with Crippen LogP contribution < -0.4 is 0 Å². The summed E-state index contributed by atoms with van der Waals surface area (Å²) in [5, 5.41) is 9.00. The van der Waals surface area contributed by atoms with E-state index in [0.717, 1.165) is 11.6 Å². The summed E-state index contributed by atoms with van der Waals surface area (Å²) < 4.78 is 2.11. The maximum Gasteiger partial charge on any atom is 0.0951 e. The van der Waals surface area contributed by atoms with Crippen LogP contribution >= 0.6 is 0 Å². The third-order valence-electron chi connectivity index (χ3n) is 2.84. The van der Waals surface area contributed by atoms with Gasteiger partial charge in [0.05, 0.1) is 24.8 Å². The van der Waals surface area contributed by atoms with Crippen molar-refractivity contribution in [1.82, 2.24) is 9.55 Å². The maximum atomic E-state index is 9.00. The number of imidazole rings is 1. The molecule has 1 N–H and O–H groups in total. The van der Waals surface area contributed by atoms with Crippen molar-refractivity contribution in [2.24, 2.45) is 5.92 Å². The zero-order valence-electron chi connectivity index (χ0n) is 7.27. The van der Waals surface area contributed by atoms with Gasteiger partial charge >= 0.3 is 0 Å². The first-order chi connectivity index (χ1) is 5.83. The summed E-state index contributed by atoms with van der Waals surface area (Å²) in [5.41, 5.74) is 0.937. The van der Waals surface area contributed by atoms with Crippen LogP contribution in [0.3, 0.4) is 0 Å². The fraction of sp³-hybridized carbons (Fsp3) is 0.667. The SMILES string of the molecule is CC1CCC1n1cncc1CO. The first-order valence-electron chi connectivity index (χ1n) is 4.44. The van der Waals surface area contributed by atoms with Crippen LogP contribution in [-0.2, 0) is 6.61 Å². The summed E-state index contributed by atoms with van der Waals surface area (Å²) in [6.45, 7) is 2.35. The number of aromatic nitrogens is 2. The lowest BCUT2D eigenvalue weighted by molar-refractivity contribution is 0.184. The number of aliphatic hydroxyl groups excluding tert-OH is 1. The second kappa shape index (κ2) is 2.90. The predicted octanol–water partition coefficient (Wildman–Crippen LogP) is 1.35. The van der Waals surface area contributed by atoms with Crippen LogP contribution in [0.4, 0.5) is 0 Å². The molecule has 0 amide bonds. The van der Waals surface area contributed by atoms with Crippen molar-refractivity contribution >= 4 is 0 Å². The Morgan fingerprint density at radius 2 is 2.50 bits per heavy atom. The normalized spacial score (nSPS) is 28.5. The molecule has 1 aliphatic rings. The first-order valence-corrected chi connectivity index (χ1v) is 4.44. The summed E-state index contributed by atoms with van der Waals surface area (Å²) in [6.07, 6.45) is 6.09. The lowest BCUT2D eigenvalue weighted by Crippen LogP contribution is -2.27. The van der Waals surface area contributed by atoms with Crippen LogP contribution in [0.25, 0.3) is 0 Å². The van der Waals surface area contributed by atoms with E-state index >= 15 is 0 Å². The molecule has 1 aliphatic carbocycles. The minimum absolute atomic E-state index is 0.100. The lowest BCUT2D eigenvalue weighted by atomic mass is 9.81. The van der Waals surface area contributed by atoms with E-state index in [1.807, 2.05) is 6.33 Å². The van der Waals surface area contributed by atoms with Gasteiger partial charge in [-0.05, 0) is 18.8 Å². The van der Waals surface area contributed by atoms with Gasteiger partial charge in [-0.1, -0.05) is 6.92 Å². The van der Waals surface area contributed by atoms with Gasteiger partial charge in [0.15, 0.2) is 0 Å². The minimum Gasteiger partial charge on any atom is -0.390 e. The molecular weight excluding hydrogens is 152 g/mol. The van der Waals surface area contributed by atoms with Gasteiger partial charge in [0.2, 0.25) is 0 Å². The number of nitrogens with zero attached hydrogens (tertiary/aromatic N) is 2. The Labute approximate surface area is 72.0 Å². The van der Waals surface area contributed by atoms with Crippen LogP contribution in [-0.4, -0.2) is 14.7 Å². The molecule has 0 aromatic carbocycles. The highest BCUT2D eigenvalue weighted by Crippen LogP contribution is 2.38. The lowest BCUT2D eigenvalue weighted by Gasteiger charge is -2.35. The topological polar surface area (TPSA) is 38.0 Å². The van der Waals surface area contributed by atoms with Crippen LogP contribution in [0.1, 0.15) is 31.5 Å². The van der Waals surface area contributed by atoms with E-state index in [1.165, 1.54) is 12.8 Å². The quantitative estimate of drug-likeness (QED) is 0.720. The summed E-state index contributed by atoms with van der Waals surface area (Å²) >= 11 is 0. The zero-order valence-corrected chi connectivity index (χ0v) is 7.27. The molecule has 1 saturated carbocycles. The molecule has 3 nitrogen and oxygen atoms in total. The zero-order chi connectivity index (χ0) is 8.55. The molecule has 0 radical (unpaired) electrons. The molecule has 0 bridgehead atoms. The van der Waals surface area contributed by atoms with Gasteiger partial charge in [0.1, 0.15) is 0 Å². The molecule has 1 fully saturated rings. The molecule has 0 aliphatic heterocycles. The molecule has 2 rings (SSSR count). The van der Waals surface area contributed by atoms with Crippen molar-refractivity contribution in [1.29, 1.82) is 0 Å². The molecule has 2 atom stereocenters. The molecule has 1 aromatic rings. The highest BCUT2D eigenvalue weighted by molar-refractivity contribution is 5.01. The van der Waals surface area contributed by atoms with E-state index in [0.29, 0.717) is 6.04 Å². The second-order valence-electron chi connectivity index (χ2n) is 3.57. The first kappa shape index (κ1) is 7.80. The van der Waals surface area contributed by atoms with E-state index in [9.17, 15) is 0 Å². The van der Waals surface area contributed by atoms with Crippen LogP contribution in [0.15, 0.2) is 12.5 Å². The average molecular weight is 166 g/mol. The standard InChI is InChI=1S/C9H14N2O/c1-7-2-3-9(7)11-6-10-4-8(11)5-12/h4,6-7,9,12H,2-3,5H2,1H3. The third kappa shape index (κ3) is 1.05. The van der Waals surface area contributed by atoms with Crippen LogP contribution in [0.2, 0.25) is 0 Å². The molecular formula is C9H14N2O. The van der Waals surface area contributed by atoms with Gasteiger partial charge in [-0.3, -0.25) is 0 Å². The van der Waals surface area contributed by atoms with Gasteiger partial charge in [0.25, 0.3) is 0 Å². The van der Waals surface area contributed by atoms with Crippen LogP contribution in [0.5, 0.6) is 0 Å². The fourth-order valence-electron chi connectivity index (χ4n) is 1.82. The van der Waals surface area contributed by atoms with Crippen molar-refractivity contribution in [3.8, 4) is 0 Å². The smallest absolute Gasteiger partial charge is 0.0951 e. The highest BCUT2D eigenvalue weighted by atomic mass is 16.3. The second-order valence-corrected chi connectivity index (χ2v) is 3.57. The molecule has 66 valence electrons. The Morgan fingerprint density at radius 3 is 3.00 bits per heavy atom. The molecule has 12 heavy (non-hydrogen) atoms. The molecule has 2 unspecified atom stereocenters. The molecule has 3 heteroatoms. The summed E-state index contributed by atoms with van der Waals surface area (Å²) in [4.78, 5) is 4.03. The van der Waals surface area contributed by atoms with Crippen molar-refractivity contribution in [3.05, 3.63) is 18.2 Å². The molecule has 0 saturated heterocycles. The minimum atomic E-state index is 0.100. The molecule has 1 heterocycles.